The smallest absolute Gasteiger partial charge is 0.00617 e. The van der Waals surface area contributed by atoms with Crippen molar-refractivity contribution in [1.29, 1.82) is 0 Å². The van der Waals surface area contributed by atoms with Gasteiger partial charge in [0.25, 0.3) is 0 Å². The van der Waals surface area contributed by atoms with Crippen LogP contribution < -0.4 is 0 Å². The third-order valence-electron chi connectivity index (χ3n) is 4.70. The zero-order valence-corrected chi connectivity index (χ0v) is 20.2. The first kappa shape index (κ1) is 30.7. The van der Waals surface area contributed by atoms with E-state index in [1.54, 1.807) is 5.57 Å². The van der Waals surface area contributed by atoms with Crippen molar-refractivity contribution in [3.8, 4) is 12.8 Å². The van der Waals surface area contributed by atoms with E-state index in [9.17, 15) is 0 Å². The van der Waals surface area contributed by atoms with Gasteiger partial charge in [0.1, 0.15) is 0 Å². The Bertz CT molecular complexity index is 596. The number of rotatable bonds is 4. The van der Waals surface area contributed by atoms with Crippen LogP contribution in [0.1, 0.15) is 94.5 Å². The molecule has 1 aromatic rings. The molecule has 28 heavy (non-hydrogen) atoms. The van der Waals surface area contributed by atoms with Gasteiger partial charge in [-0.15, -0.1) is 26.0 Å². The lowest BCUT2D eigenvalue weighted by molar-refractivity contribution is 0.687. The van der Waals surface area contributed by atoms with Crippen LogP contribution >= 0.6 is 0 Å². The average molecular weight is 383 g/mol. The normalized spacial score (nSPS) is 11.4. The van der Waals surface area contributed by atoms with Gasteiger partial charge in [-0.05, 0) is 92.7 Å². The van der Waals surface area contributed by atoms with Crippen molar-refractivity contribution in [2.45, 2.75) is 93.9 Å². The number of allylic oxidation sites excluding steroid dienone is 3. The highest BCUT2D eigenvalue weighted by Gasteiger charge is 2.14. The fraction of sp³-hybridized carbons (Fsp3) is 0.500. The Morgan fingerprint density at radius 1 is 0.964 bits per heavy atom. The minimum atomic E-state index is 1.03. The Morgan fingerprint density at radius 3 is 1.93 bits per heavy atom. The molecular weight excluding hydrogens is 336 g/mol. The maximum atomic E-state index is 4.27. The highest BCUT2D eigenvalue weighted by atomic mass is 14.2. The van der Waals surface area contributed by atoms with Crippen molar-refractivity contribution in [3.05, 3.63) is 65.3 Å². The van der Waals surface area contributed by atoms with E-state index in [0.717, 1.165) is 12.8 Å². The molecule has 1 aliphatic carbocycles. The van der Waals surface area contributed by atoms with Crippen LogP contribution in [0.25, 0.3) is 5.57 Å². The van der Waals surface area contributed by atoms with E-state index in [-0.39, 0.29) is 0 Å². The van der Waals surface area contributed by atoms with Gasteiger partial charge in [0.2, 0.25) is 0 Å². The van der Waals surface area contributed by atoms with Crippen LogP contribution in [0.5, 0.6) is 0 Å². The Labute approximate surface area is 177 Å². The van der Waals surface area contributed by atoms with Gasteiger partial charge < -0.3 is 0 Å². The van der Waals surface area contributed by atoms with Crippen LogP contribution in [0.4, 0.5) is 0 Å². The molecule has 0 aromatic heterocycles. The van der Waals surface area contributed by atoms with Crippen molar-refractivity contribution < 1.29 is 0 Å². The molecule has 0 unspecified atom stereocenters. The molecule has 0 aliphatic heterocycles. The second-order valence-electron chi connectivity index (χ2n) is 6.23. The van der Waals surface area contributed by atoms with Gasteiger partial charge in [-0.3, -0.25) is 0 Å². The van der Waals surface area contributed by atoms with Crippen molar-refractivity contribution in [2.24, 2.45) is 0 Å². The van der Waals surface area contributed by atoms with E-state index in [2.05, 4.69) is 72.4 Å². The van der Waals surface area contributed by atoms with E-state index in [4.69, 9.17) is 0 Å². The van der Waals surface area contributed by atoms with E-state index in [0.29, 0.717) is 0 Å². The number of terminal acetylenes is 1. The van der Waals surface area contributed by atoms with Gasteiger partial charge in [0, 0.05) is 0 Å². The van der Waals surface area contributed by atoms with Gasteiger partial charge >= 0.3 is 0 Å². The van der Waals surface area contributed by atoms with Crippen LogP contribution in [-0.4, -0.2) is 0 Å². The number of benzene rings is 1. The number of hydrogen-bond acceptors (Lipinski definition) is 0. The largest absolute Gasteiger partial charge is 0.124 e. The molecule has 0 heteroatoms. The molecule has 0 bridgehead atoms. The van der Waals surface area contributed by atoms with E-state index in [1.807, 2.05) is 27.7 Å². The molecule has 0 saturated heterocycles. The lowest BCUT2D eigenvalue weighted by Gasteiger charge is -2.21. The van der Waals surface area contributed by atoms with Crippen LogP contribution in [0.2, 0.25) is 0 Å². The molecule has 0 N–H and O–H groups in total. The van der Waals surface area contributed by atoms with Crippen molar-refractivity contribution in [2.75, 3.05) is 0 Å². The van der Waals surface area contributed by atoms with E-state index in [1.165, 1.54) is 59.1 Å². The van der Waals surface area contributed by atoms with Crippen molar-refractivity contribution in [3.63, 3.8) is 0 Å². The molecule has 0 heterocycles. The average Bonchev–Trinajstić information content (AvgIpc) is 2.77. The lowest BCUT2D eigenvalue weighted by Crippen LogP contribution is -2.04. The summed E-state index contributed by atoms with van der Waals surface area (Å²) in [7, 11) is 0. The molecule has 1 aromatic carbocycles. The van der Waals surface area contributed by atoms with Gasteiger partial charge in [0.05, 0.1) is 0 Å². The summed E-state index contributed by atoms with van der Waals surface area (Å²) < 4.78 is 0. The SMILES string of the molecule is C#C.C=C.C=C(CC)c1c(C)cc(C)c(CC2=CCCCC2)c1C.CC.CC. The molecule has 0 spiro atoms. The second-order valence-corrected chi connectivity index (χ2v) is 6.23. The molecule has 0 atom stereocenters. The maximum Gasteiger partial charge on any atom is -0.00617 e. The predicted octanol–water partition coefficient (Wildman–Crippen LogP) is 9.18. The van der Waals surface area contributed by atoms with Gasteiger partial charge in [-0.25, -0.2) is 0 Å². The topological polar surface area (TPSA) is 0 Å². The van der Waals surface area contributed by atoms with Gasteiger partial charge in [-0.1, -0.05) is 58.9 Å². The summed E-state index contributed by atoms with van der Waals surface area (Å²) in [4.78, 5) is 0. The lowest BCUT2D eigenvalue weighted by atomic mass is 9.84. The molecule has 0 nitrogen and oxygen atoms in total. The predicted molar refractivity (Wildman–Crippen MR) is 134 cm³/mol. The minimum absolute atomic E-state index is 1.03. The zero-order chi connectivity index (χ0) is 22.7. The number of hydrogen-bond donors (Lipinski definition) is 0. The summed E-state index contributed by atoms with van der Waals surface area (Å²) in [6.45, 7) is 27.2. The summed E-state index contributed by atoms with van der Waals surface area (Å²) in [5.41, 5.74) is 10.1. The van der Waals surface area contributed by atoms with Crippen molar-refractivity contribution >= 4 is 5.57 Å². The first-order valence-electron chi connectivity index (χ1n) is 10.8. The monoisotopic (exact) mass is 382 g/mol. The quantitative estimate of drug-likeness (QED) is 0.359. The zero-order valence-electron chi connectivity index (χ0n) is 20.2. The fourth-order valence-electron chi connectivity index (χ4n) is 3.51. The van der Waals surface area contributed by atoms with Crippen LogP contribution in [0.15, 0.2) is 37.5 Å². The summed E-state index contributed by atoms with van der Waals surface area (Å²) in [6.07, 6.45) is 17.9. The van der Waals surface area contributed by atoms with Crippen LogP contribution in [0, 0.1) is 33.6 Å². The molecule has 0 saturated carbocycles. The van der Waals surface area contributed by atoms with E-state index < -0.39 is 0 Å². The summed E-state index contributed by atoms with van der Waals surface area (Å²) in [5.74, 6) is 0. The Balaban J connectivity index is -0.000000695. The summed E-state index contributed by atoms with van der Waals surface area (Å²) in [5, 5.41) is 0. The first-order valence-corrected chi connectivity index (χ1v) is 10.8. The van der Waals surface area contributed by atoms with Gasteiger partial charge in [-0.2, -0.15) is 0 Å². The highest BCUT2D eigenvalue weighted by molar-refractivity contribution is 5.71. The van der Waals surface area contributed by atoms with Crippen LogP contribution in [0.3, 0.4) is 0 Å². The third kappa shape index (κ3) is 9.80. The maximum absolute atomic E-state index is 4.27. The third-order valence-corrected chi connectivity index (χ3v) is 4.70. The standard InChI is InChI=1S/C20H28.2C2H6.C2H4.C2H2/c1-6-14(2)20-16(4)12-15(3)19(17(20)5)13-18-10-8-7-9-11-18;4*1-2/h10,12H,2,6-9,11,13H2,1,3-5H3;2*1-2H3;1-2H2;1-2H. The van der Waals surface area contributed by atoms with Crippen molar-refractivity contribution in [1.82, 2.24) is 0 Å². The molecule has 0 fully saturated rings. The molecule has 158 valence electrons. The Hall–Kier alpha value is -2.00. The molecule has 0 amide bonds. The summed E-state index contributed by atoms with van der Waals surface area (Å²) in [6, 6.07) is 2.35. The Morgan fingerprint density at radius 2 is 1.50 bits per heavy atom. The van der Waals surface area contributed by atoms with E-state index >= 15 is 0 Å². The van der Waals surface area contributed by atoms with Gasteiger partial charge in [0.15, 0.2) is 0 Å². The highest BCUT2D eigenvalue weighted by Crippen LogP contribution is 2.31. The Kier molecular flexibility index (Phi) is 21.7. The minimum Gasteiger partial charge on any atom is -0.124 e. The first-order chi connectivity index (χ1) is 13.5. The number of aryl methyl sites for hydroxylation is 2. The molecule has 1 aliphatic rings. The van der Waals surface area contributed by atoms with Crippen LogP contribution in [-0.2, 0) is 6.42 Å². The molecular formula is C28H46. The molecule has 0 radical (unpaired) electrons. The summed E-state index contributed by atoms with van der Waals surface area (Å²) >= 11 is 0. The molecule has 2 rings (SSSR count). The fourth-order valence-corrected chi connectivity index (χ4v) is 3.51. The second kappa shape index (κ2) is 19.8.